The van der Waals surface area contributed by atoms with Crippen LogP contribution in [0.5, 0.6) is 0 Å². The minimum absolute atomic E-state index is 0.653. The summed E-state index contributed by atoms with van der Waals surface area (Å²) < 4.78 is 5.43. The maximum Gasteiger partial charge on any atom is 0.0485 e. The maximum atomic E-state index is 5.43. The van der Waals surface area contributed by atoms with Crippen molar-refractivity contribution in [1.82, 2.24) is 0 Å². The second kappa shape index (κ2) is 5.35. The molecule has 0 N–H and O–H groups in total. The van der Waals surface area contributed by atoms with Crippen molar-refractivity contribution in [1.29, 1.82) is 0 Å². The van der Waals surface area contributed by atoms with Gasteiger partial charge in [0.1, 0.15) is 0 Å². The number of para-hydroxylation sites is 1. The zero-order chi connectivity index (χ0) is 11.4. The van der Waals surface area contributed by atoms with E-state index in [2.05, 4.69) is 43.0 Å². The molecular weight excluding hydrogens is 198 g/mol. The smallest absolute Gasteiger partial charge is 0.0485 e. The van der Waals surface area contributed by atoms with Crippen molar-refractivity contribution in [2.45, 2.75) is 32.7 Å². The van der Waals surface area contributed by atoms with Crippen LogP contribution in [-0.4, -0.2) is 25.8 Å². The second-order valence-electron chi connectivity index (χ2n) is 4.42. The van der Waals surface area contributed by atoms with E-state index in [9.17, 15) is 0 Å². The van der Waals surface area contributed by atoms with Crippen LogP contribution in [0.25, 0.3) is 0 Å². The Morgan fingerprint density at radius 2 is 1.94 bits per heavy atom. The molecule has 0 aliphatic carbocycles. The summed E-state index contributed by atoms with van der Waals surface area (Å²) in [5.41, 5.74) is 2.76. The van der Waals surface area contributed by atoms with Gasteiger partial charge in [0.25, 0.3) is 0 Å². The van der Waals surface area contributed by atoms with Gasteiger partial charge in [-0.15, -0.1) is 0 Å². The maximum absolute atomic E-state index is 5.43. The first kappa shape index (κ1) is 11.5. The highest BCUT2D eigenvalue weighted by Gasteiger charge is 2.21. The summed E-state index contributed by atoms with van der Waals surface area (Å²) >= 11 is 0. The van der Waals surface area contributed by atoms with E-state index in [1.807, 2.05) is 0 Å². The number of nitrogens with zero attached hydrogens (tertiary/aromatic N) is 1. The fourth-order valence-electron chi connectivity index (χ4n) is 2.51. The second-order valence-corrected chi connectivity index (χ2v) is 4.42. The molecule has 0 atom stereocenters. The number of ether oxygens (including phenoxy) is 1. The van der Waals surface area contributed by atoms with E-state index < -0.39 is 0 Å². The molecule has 1 aromatic rings. The minimum Gasteiger partial charge on any atom is -0.381 e. The Morgan fingerprint density at radius 1 is 1.25 bits per heavy atom. The summed E-state index contributed by atoms with van der Waals surface area (Å²) in [6.45, 7) is 7.33. The largest absolute Gasteiger partial charge is 0.381 e. The standard InChI is InChI=1S/C14H21NO/c1-3-15(13-8-10-16-11-9-13)14-7-5-4-6-12(14)2/h4-7,13H,3,8-11H2,1-2H3. The van der Waals surface area contributed by atoms with E-state index in [4.69, 9.17) is 4.74 Å². The van der Waals surface area contributed by atoms with Crippen LogP contribution >= 0.6 is 0 Å². The van der Waals surface area contributed by atoms with Crippen molar-refractivity contribution in [3.63, 3.8) is 0 Å². The van der Waals surface area contributed by atoms with Crippen LogP contribution in [0.1, 0.15) is 25.3 Å². The van der Waals surface area contributed by atoms with Crippen LogP contribution in [0, 0.1) is 6.92 Å². The van der Waals surface area contributed by atoms with Crippen LogP contribution in [0.3, 0.4) is 0 Å². The third kappa shape index (κ3) is 2.38. The Kier molecular flexibility index (Phi) is 3.83. The van der Waals surface area contributed by atoms with E-state index in [0.29, 0.717) is 6.04 Å². The molecule has 1 saturated heterocycles. The fourth-order valence-corrected chi connectivity index (χ4v) is 2.51. The van der Waals surface area contributed by atoms with Gasteiger partial charge in [-0.1, -0.05) is 18.2 Å². The summed E-state index contributed by atoms with van der Waals surface area (Å²) in [6, 6.07) is 9.31. The van der Waals surface area contributed by atoms with Crippen molar-refractivity contribution < 1.29 is 4.74 Å². The molecule has 0 spiro atoms. The zero-order valence-corrected chi connectivity index (χ0v) is 10.3. The van der Waals surface area contributed by atoms with Gasteiger partial charge < -0.3 is 9.64 Å². The molecule has 0 bridgehead atoms. The first-order chi connectivity index (χ1) is 7.83. The molecule has 1 aliphatic rings. The molecule has 0 saturated carbocycles. The fraction of sp³-hybridized carbons (Fsp3) is 0.571. The molecule has 2 rings (SSSR count). The molecule has 1 aliphatic heterocycles. The lowest BCUT2D eigenvalue weighted by Crippen LogP contribution is -2.39. The summed E-state index contributed by atoms with van der Waals surface area (Å²) in [5, 5.41) is 0. The molecule has 1 aromatic carbocycles. The molecule has 0 amide bonds. The van der Waals surface area contributed by atoms with Crippen molar-refractivity contribution >= 4 is 5.69 Å². The SMILES string of the molecule is CCN(c1ccccc1C)C1CCOCC1. The van der Waals surface area contributed by atoms with E-state index in [1.165, 1.54) is 11.3 Å². The first-order valence-corrected chi connectivity index (χ1v) is 6.23. The number of hydrogen-bond donors (Lipinski definition) is 0. The van der Waals surface area contributed by atoms with Crippen LogP contribution in [0.2, 0.25) is 0 Å². The molecule has 1 heterocycles. The lowest BCUT2D eigenvalue weighted by Gasteiger charge is -2.36. The van der Waals surface area contributed by atoms with Crippen molar-refractivity contribution in [2.24, 2.45) is 0 Å². The van der Waals surface area contributed by atoms with Gasteiger partial charge in [0.2, 0.25) is 0 Å². The number of hydrogen-bond acceptors (Lipinski definition) is 2. The van der Waals surface area contributed by atoms with E-state index in [-0.39, 0.29) is 0 Å². The summed E-state index contributed by atoms with van der Waals surface area (Å²) in [5.74, 6) is 0. The monoisotopic (exact) mass is 219 g/mol. The van der Waals surface area contributed by atoms with Gasteiger partial charge in [0, 0.05) is 31.5 Å². The Bertz CT molecular complexity index is 331. The van der Waals surface area contributed by atoms with Gasteiger partial charge in [0.05, 0.1) is 0 Å². The zero-order valence-electron chi connectivity index (χ0n) is 10.3. The Morgan fingerprint density at radius 3 is 2.56 bits per heavy atom. The van der Waals surface area contributed by atoms with Gasteiger partial charge >= 0.3 is 0 Å². The minimum atomic E-state index is 0.653. The molecule has 0 unspecified atom stereocenters. The van der Waals surface area contributed by atoms with Crippen LogP contribution in [-0.2, 0) is 4.74 Å². The Balaban J connectivity index is 2.18. The number of anilines is 1. The average molecular weight is 219 g/mol. The molecule has 0 radical (unpaired) electrons. The summed E-state index contributed by atoms with van der Waals surface area (Å²) in [7, 11) is 0. The summed E-state index contributed by atoms with van der Waals surface area (Å²) in [6.07, 6.45) is 2.31. The molecular formula is C14H21NO. The molecule has 16 heavy (non-hydrogen) atoms. The van der Waals surface area contributed by atoms with Crippen LogP contribution < -0.4 is 4.90 Å². The highest BCUT2D eigenvalue weighted by molar-refractivity contribution is 5.53. The summed E-state index contributed by atoms with van der Waals surface area (Å²) in [4.78, 5) is 2.53. The Labute approximate surface area is 98.2 Å². The van der Waals surface area contributed by atoms with E-state index >= 15 is 0 Å². The normalized spacial score (nSPS) is 17.4. The van der Waals surface area contributed by atoms with Crippen LogP contribution in [0.15, 0.2) is 24.3 Å². The average Bonchev–Trinajstić information content (AvgIpc) is 2.34. The molecule has 0 aromatic heterocycles. The van der Waals surface area contributed by atoms with Crippen molar-refractivity contribution in [2.75, 3.05) is 24.7 Å². The van der Waals surface area contributed by atoms with Crippen LogP contribution in [0.4, 0.5) is 5.69 Å². The predicted octanol–water partition coefficient (Wildman–Crippen LogP) is 3.00. The van der Waals surface area contributed by atoms with Gasteiger partial charge in [-0.05, 0) is 38.3 Å². The van der Waals surface area contributed by atoms with Crippen molar-refractivity contribution in [3.05, 3.63) is 29.8 Å². The van der Waals surface area contributed by atoms with E-state index in [1.54, 1.807) is 0 Å². The quantitative estimate of drug-likeness (QED) is 0.775. The number of rotatable bonds is 3. The topological polar surface area (TPSA) is 12.5 Å². The Hall–Kier alpha value is -1.02. The van der Waals surface area contributed by atoms with E-state index in [0.717, 1.165) is 32.6 Å². The lowest BCUT2D eigenvalue weighted by atomic mass is 10.0. The van der Waals surface area contributed by atoms with Gasteiger partial charge in [-0.3, -0.25) is 0 Å². The van der Waals surface area contributed by atoms with Gasteiger partial charge in [-0.25, -0.2) is 0 Å². The predicted molar refractivity (Wildman–Crippen MR) is 68.0 cm³/mol. The first-order valence-electron chi connectivity index (χ1n) is 6.23. The van der Waals surface area contributed by atoms with Gasteiger partial charge in [0.15, 0.2) is 0 Å². The van der Waals surface area contributed by atoms with Gasteiger partial charge in [-0.2, -0.15) is 0 Å². The lowest BCUT2D eigenvalue weighted by molar-refractivity contribution is 0.0846. The third-order valence-electron chi connectivity index (χ3n) is 3.40. The molecule has 1 fully saturated rings. The number of aryl methyl sites for hydroxylation is 1. The molecule has 2 heteroatoms. The highest BCUT2D eigenvalue weighted by Crippen LogP contribution is 2.25. The van der Waals surface area contributed by atoms with Crippen molar-refractivity contribution in [3.8, 4) is 0 Å². The molecule has 2 nitrogen and oxygen atoms in total. The number of benzene rings is 1. The third-order valence-corrected chi connectivity index (χ3v) is 3.40. The highest BCUT2D eigenvalue weighted by atomic mass is 16.5. The molecule has 88 valence electrons.